The van der Waals surface area contributed by atoms with Gasteiger partial charge in [0.2, 0.25) is 5.95 Å². The third-order valence-electron chi connectivity index (χ3n) is 8.71. The normalized spacial score (nSPS) is 20.8. The van der Waals surface area contributed by atoms with E-state index in [1.807, 2.05) is 6.07 Å². The largest absolute Gasteiger partial charge is 0.384 e. The summed E-state index contributed by atoms with van der Waals surface area (Å²) < 4.78 is 5.40. The number of aromatic amines is 1. The van der Waals surface area contributed by atoms with Crippen LogP contribution in [0.2, 0.25) is 0 Å². The maximum Gasteiger partial charge on any atom is 0.255 e. The van der Waals surface area contributed by atoms with Crippen molar-refractivity contribution in [2.75, 3.05) is 69.2 Å². The zero-order valence-corrected chi connectivity index (χ0v) is 21.6. The minimum atomic E-state index is 0.0000907. The van der Waals surface area contributed by atoms with Crippen molar-refractivity contribution in [3.63, 3.8) is 0 Å². The van der Waals surface area contributed by atoms with Crippen LogP contribution in [0.1, 0.15) is 59.3 Å². The third-order valence-corrected chi connectivity index (χ3v) is 8.71. The maximum absolute atomic E-state index is 12.9. The maximum atomic E-state index is 12.9. The molecule has 0 radical (unpaired) electrons. The highest BCUT2D eigenvalue weighted by molar-refractivity contribution is 5.95. The van der Waals surface area contributed by atoms with Gasteiger partial charge in [0, 0.05) is 61.5 Å². The van der Waals surface area contributed by atoms with Gasteiger partial charge in [-0.05, 0) is 75.3 Å². The Labute approximate surface area is 218 Å². The van der Waals surface area contributed by atoms with Crippen LogP contribution in [0.4, 0.5) is 11.6 Å². The number of hydrogen-bond donors (Lipinski definition) is 3. The summed E-state index contributed by atoms with van der Waals surface area (Å²) in [6.07, 6.45) is 6.78. The number of nitrogens with zero attached hydrogens (tertiary/aromatic N) is 3. The van der Waals surface area contributed by atoms with Gasteiger partial charge in [0.15, 0.2) is 0 Å². The summed E-state index contributed by atoms with van der Waals surface area (Å²) in [5.74, 6) is 0.719. The van der Waals surface area contributed by atoms with Crippen molar-refractivity contribution in [3.8, 4) is 0 Å². The Hall–Kier alpha value is -2.91. The number of ether oxygens (including phenoxy) is 1. The Kier molecular flexibility index (Phi) is 6.90. The minimum Gasteiger partial charge on any atom is -0.384 e. The molecule has 4 heterocycles. The molecule has 0 saturated carbocycles. The summed E-state index contributed by atoms with van der Waals surface area (Å²) in [4.78, 5) is 38.1. The molecule has 2 aromatic rings. The zero-order valence-electron chi connectivity index (χ0n) is 21.6. The quantitative estimate of drug-likeness (QED) is 0.516. The number of nitrogens with one attached hydrogen (secondary N) is 3. The first-order chi connectivity index (χ1) is 18.1. The number of carbonyl (C=O) groups is 1. The van der Waals surface area contributed by atoms with Crippen LogP contribution in [-0.2, 0) is 23.0 Å². The van der Waals surface area contributed by atoms with Crippen LogP contribution >= 0.6 is 0 Å². The summed E-state index contributed by atoms with van der Waals surface area (Å²) in [7, 11) is 0. The van der Waals surface area contributed by atoms with Crippen molar-refractivity contribution >= 4 is 17.5 Å². The van der Waals surface area contributed by atoms with Gasteiger partial charge < -0.3 is 20.3 Å². The number of hydrogen-bond acceptors (Lipinski definition) is 7. The molecule has 9 nitrogen and oxygen atoms in total. The standard InChI is InChI=1S/C28H38N6O3/c35-25(29-10-3-11-33-14-16-37-17-15-33)20-6-7-24-22(18-20)28(19-30-24)8-12-34(13-9-28)27-31-23-5-2-1-4-21(23)26(36)32-27/h6-7,18,30H,1-5,8-17,19H2,(H,29,35)(H,31,32,36). The smallest absolute Gasteiger partial charge is 0.255 e. The number of aromatic nitrogens is 2. The Morgan fingerprint density at radius 1 is 1.11 bits per heavy atom. The molecular weight excluding hydrogens is 468 g/mol. The molecule has 0 bridgehead atoms. The zero-order chi connectivity index (χ0) is 25.2. The Bertz CT molecular complexity index is 1200. The van der Waals surface area contributed by atoms with E-state index in [4.69, 9.17) is 9.72 Å². The number of anilines is 2. The van der Waals surface area contributed by atoms with E-state index in [9.17, 15) is 9.59 Å². The third kappa shape index (κ3) is 4.99. The number of amides is 1. The number of H-pyrrole nitrogens is 1. The van der Waals surface area contributed by atoms with Gasteiger partial charge in [0.1, 0.15) is 0 Å². The average Bonchev–Trinajstić information content (AvgIpc) is 3.29. The van der Waals surface area contributed by atoms with Gasteiger partial charge in [-0.2, -0.15) is 0 Å². The molecule has 198 valence electrons. The molecule has 2 saturated heterocycles. The van der Waals surface area contributed by atoms with E-state index >= 15 is 0 Å². The monoisotopic (exact) mass is 506 g/mol. The van der Waals surface area contributed by atoms with E-state index in [0.29, 0.717) is 6.54 Å². The molecule has 0 atom stereocenters. The summed E-state index contributed by atoms with van der Waals surface area (Å²) >= 11 is 0. The number of carbonyl (C=O) groups excluding carboxylic acids is 1. The van der Waals surface area contributed by atoms with Gasteiger partial charge in [0.05, 0.1) is 18.9 Å². The van der Waals surface area contributed by atoms with Crippen LogP contribution < -0.4 is 21.1 Å². The molecule has 3 N–H and O–H groups in total. The molecule has 2 fully saturated rings. The summed E-state index contributed by atoms with van der Waals surface area (Å²) in [5.41, 5.74) is 5.03. The molecule has 37 heavy (non-hydrogen) atoms. The summed E-state index contributed by atoms with van der Waals surface area (Å²) in [5, 5.41) is 6.69. The molecular formula is C28H38N6O3. The van der Waals surface area contributed by atoms with E-state index < -0.39 is 0 Å². The fourth-order valence-electron chi connectivity index (χ4n) is 6.40. The first kappa shape index (κ1) is 24.4. The first-order valence-electron chi connectivity index (χ1n) is 14.0. The van der Waals surface area contributed by atoms with Crippen LogP contribution in [0.25, 0.3) is 0 Å². The number of aryl methyl sites for hydroxylation is 1. The van der Waals surface area contributed by atoms with Crippen LogP contribution in [0.3, 0.4) is 0 Å². The number of piperidine rings is 1. The predicted molar refractivity (Wildman–Crippen MR) is 144 cm³/mol. The number of fused-ring (bicyclic) bond motifs is 3. The van der Waals surface area contributed by atoms with Crippen LogP contribution in [-0.4, -0.2) is 79.8 Å². The number of rotatable bonds is 6. The lowest BCUT2D eigenvalue weighted by Gasteiger charge is -2.39. The van der Waals surface area contributed by atoms with Crippen molar-refractivity contribution in [1.82, 2.24) is 20.2 Å². The highest BCUT2D eigenvalue weighted by Gasteiger charge is 2.42. The van der Waals surface area contributed by atoms with E-state index in [1.54, 1.807) is 0 Å². The van der Waals surface area contributed by atoms with Gasteiger partial charge in [0.25, 0.3) is 11.5 Å². The Morgan fingerprint density at radius 3 is 2.76 bits per heavy atom. The van der Waals surface area contributed by atoms with Gasteiger partial charge in [-0.25, -0.2) is 4.98 Å². The molecule has 1 aromatic heterocycles. The van der Waals surface area contributed by atoms with E-state index in [-0.39, 0.29) is 16.9 Å². The molecule has 3 aliphatic heterocycles. The highest BCUT2D eigenvalue weighted by Crippen LogP contribution is 2.44. The van der Waals surface area contributed by atoms with Gasteiger partial charge in [-0.1, -0.05) is 0 Å². The van der Waals surface area contributed by atoms with E-state index in [2.05, 4.69) is 37.6 Å². The lowest BCUT2D eigenvalue weighted by molar-refractivity contribution is 0.0374. The van der Waals surface area contributed by atoms with Crippen LogP contribution in [0.5, 0.6) is 0 Å². The van der Waals surface area contributed by atoms with E-state index in [1.165, 1.54) is 5.56 Å². The van der Waals surface area contributed by atoms with Crippen LogP contribution in [0, 0.1) is 0 Å². The lowest BCUT2D eigenvalue weighted by atomic mass is 9.74. The molecule has 1 amide bonds. The second kappa shape index (κ2) is 10.5. The average molecular weight is 507 g/mol. The first-order valence-corrected chi connectivity index (χ1v) is 14.0. The fraction of sp³-hybridized carbons (Fsp3) is 0.607. The van der Waals surface area contributed by atoms with Gasteiger partial charge in [-0.15, -0.1) is 0 Å². The summed E-state index contributed by atoms with van der Waals surface area (Å²) in [6, 6.07) is 6.09. The van der Waals surface area contributed by atoms with Crippen molar-refractivity contribution < 1.29 is 9.53 Å². The molecule has 0 unspecified atom stereocenters. The fourth-order valence-corrected chi connectivity index (χ4v) is 6.40. The van der Waals surface area contributed by atoms with Crippen molar-refractivity contribution in [3.05, 3.63) is 50.9 Å². The molecule has 1 aromatic carbocycles. The second-order valence-corrected chi connectivity index (χ2v) is 11.0. The van der Waals surface area contributed by atoms with E-state index in [0.717, 1.165) is 126 Å². The Balaban J connectivity index is 1.09. The SMILES string of the molecule is O=C(NCCCN1CCOCC1)c1ccc2c(c1)C1(CCN(c3nc4c(c(=O)[nH]3)CCCC4)CC1)CN2. The predicted octanol–water partition coefficient (Wildman–Crippen LogP) is 2.06. The lowest BCUT2D eigenvalue weighted by Crippen LogP contribution is -2.45. The van der Waals surface area contributed by atoms with Crippen molar-refractivity contribution in [2.45, 2.75) is 50.4 Å². The molecule has 1 aliphatic carbocycles. The summed E-state index contributed by atoms with van der Waals surface area (Å²) in [6.45, 7) is 7.78. The van der Waals surface area contributed by atoms with Crippen LogP contribution in [0.15, 0.2) is 23.0 Å². The van der Waals surface area contributed by atoms with Crippen molar-refractivity contribution in [2.24, 2.45) is 0 Å². The van der Waals surface area contributed by atoms with Gasteiger partial charge in [-0.3, -0.25) is 19.5 Å². The second-order valence-electron chi connectivity index (χ2n) is 11.0. The highest BCUT2D eigenvalue weighted by atomic mass is 16.5. The molecule has 4 aliphatic rings. The minimum absolute atomic E-state index is 0.0000907. The molecule has 6 rings (SSSR count). The number of morpholine rings is 1. The van der Waals surface area contributed by atoms with Crippen molar-refractivity contribution in [1.29, 1.82) is 0 Å². The topological polar surface area (TPSA) is 103 Å². The van der Waals surface area contributed by atoms with Gasteiger partial charge >= 0.3 is 0 Å². The molecule has 1 spiro atoms. The molecule has 9 heteroatoms. The number of benzene rings is 1. The Morgan fingerprint density at radius 2 is 1.92 bits per heavy atom.